The summed E-state index contributed by atoms with van der Waals surface area (Å²) >= 11 is 1.11. The second-order valence-corrected chi connectivity index (χ2v) is 9.05. The number of nitrogens with one attached hydrogen (secondary N) is 2. The van der Waals surface area contributed by atoms with Crippen molar-refractivity contribution in [3.63, 3.8) is 0 Å². The van der Waals surface area contributed by atoms with E-state index in [2.05, 4.69) is 10.0 Å². The summed E-state index contributed by atoms with van der Waals surface area (Å²) in [5, 5.41) is 2.28. The van der Waals surface area contributed by atoms with Crippen LogP contribution in [0, 0.1) is 0 Å². The largest absolute Gasteiger partial charge is 0.418 e. The minimum atomic E-state index is -4.57. The molecule has 0 fully saturated rings. The van der Waals surface area contributed by atoms with Crippen molar-refractivity contribution in [3.05, 3.63) is 84.4 Å². The van der Waals surface area contributed by atoms with E-state index in [4.69, 9.17) is 0 Å². The fourth-order valence-corrected chi connectivity index (χ4v) is 4.39. The number of rotatable bonds is 7. The lowest BCUT2D eigenvalue weighted by atomic mass is 10.1. The molecule has 0 aliphatic carbocycles. The van der Waals surface area contributed by atoms with Crippen molar-refractivity contribution in [2.75, 3.05) is 15.8 Å². The molecule has 1 amide bonds. The number of thioether (sulfide) groups is 1. The molecule has 0 bridgehead atoms. The number of amides is 1. The topological polar surface area (TPSA) is 75.3 Å². The number of alkyl halides is 3. The summed E-state index contributed by atoms with van der Waals surface area (Å²) in [5.41, 5.74) is -0.869. The van der Waals surface area contributed by atoms with Gasteiger partial charge in [-0.05, 0) is 48.5 Å². The Bertz CT molecular complexity index is 1150. The van der Waals surface area contributed by atoms with Gasteiger partial charge in [-0.25, -0.2) is 8.42 Å². The first kappa shape index (κ1) is 22.7. The number of sulfonamides is 1. The Morgan fingerprint density at radius 2 is 1.48 bits per heavy atom. The monoisotopic (exact) mass is 466 g/mol. The summed E-state index contributed by atoms with van der Waals surface area (Å²) in [4.78, 5) is 12.9. The fourth-order valence-electron chi connectivity index (χ4n) is 2.61. The normalized spacial score (nSPS) is 11.7. The van der Waals surface area contributed by atoms with Gasteiger partial charge >= 0.3 is 6.18 Å². The van der Waals surface area contributed by atoms with E-state index in [-0.39, 0.29) is 16.3 Å². The summed E-state index contributed by atoms with van der Waals surface area (Å²) in [7, 11) is -3.72. The predicted molar refractivity (Wildman–Crippen MR) is 114 cm³/mol. The SMILES string of the molecule is O=C(CSc1ccc(NS(=O)(=O)c2ccccc2)cc1)Nc1ccccc1C(F)(F)F. The van der Waals surface area contributed by atoms with Crippen molar-refractivity contribution in [2.24, 2.45) is 0 Å². The third-order valence-electron chi connectivity index (χ3n) is 4.04. The van der Waals surface area contributed by atoms with Gasteiger partial charge in [-0.1, -0.05) is 30.3 Å². The van der Waals surface area contributed by atoms with Crippen LogP contribution >= 0.6 is 11.8 Å². The van der Waals surface area contributed by atoms with Crippen LogP contribution in [0.25, 0.3) is 0 Å². The van der Waals surface area contributed by atoms with Crippen LogP contribution in [0.15, 0.2) is 88.7 Å². The molecule has 0 atom stereocenters. The Labute approximate surface area is 181 Å². The van der Waals surface area contributed by atoms with Crippen molar-refractivity contribution < 1.29 is 26.4 Å². The van der Waals surface area contributed by atoms with Gasteiger partial charge in [0.1, 0.15) is 0 Å². The van der Waals surface area contributed by atoms with Crippen LogP contribution in [0.1, 0.15) is 5.56 Å². The third-order valence-corrected chi connectivity index (χ3v) is 6.45. The lowest BCUT2D eigenvalue weighted by Crippen LogP contribution is -2.18. The smallest absolute Gasteiger partial charge is 0.325 e. The number of carbonyl (C=O) groups is 1. The second-order valence-electron chi connectivity index (χ2n) is 6.32. The molecule has 2 N–H and O–H groups in total. The van der Waals surface area contributed by atoms with Crippen LogP contribution in [-0.4, -0.2) is 20.1 Å². The highest BCUT2D eigenvalue weighted by Crippen LogP contribution is 2.34. The number of hydrogen-bond acceptors (Lipinski definition) is 4. The van der Waals surface area contributed by atoms with Gasteiger partial charge in [0.15, 0.2) is 0 Å². The first-order chi connectivity index (χ1) is 14.6. The summed E-state index contributed by atoms with van der Waals surface area (Å²) < 4.78 is 66.1. The molecule has 0 spiro atoms. The molecule has 31 heavy (non-hydrogen) atoms. The third kappa shape index (κ3) is 6.25. The van der Waals surface area contributed by atoms with Gasteiger partial charge < -0.3 is 5.32 Å². The maximum absolute atomic E-state index is 13.0. The van der Waals surface area contributed by atoms with E-state index in [1.54, 1.807) is 42.5 Å². The fraction of sp³-hybridized carbons (Fsp3) is 0.0952. The molecule has 0 radical (unpaired) electrons. The zero-order valence-corrected chi connectivity index (χ0v) is 17.5. The first-order valence-electron chi connectivity index (χ1n) is 8.92. The van der Waals surface area contributed by atoms with E-state index in [0.717, 1.165) is 17.8 Å². The number of para-hydroxylation sites is 1. The molecular formula is C21H17F3N2O3S2. The Kier molecular flexibility index (Phi) is 6.91. The average Bonchev–Trinajstić information content (AvgIpc) is 2.73. The molecule has 0 heterocycles. The minimum absolute atomic E-state index is 0.110. The number of carbonyl (C=O) groups excluding carboxylic acids is 1. The molecule has 0 aliphatic heterocycles. The van der Waals surface area contributed by atoms with Crippen molar-refractivity contribution in [1.82, 2.24) is 0 Å². The Morgan fingerprint density at radius 3 is 2.13 bits per heavy atom. The van der Waals surface area contributed by atoms with Gasteiger partial charge in [0, 0.05) is 10.6 Å². The molecule has 0 aromatic heterocycles. The molecule has 0 saturated carbocycles. The highest BCUT2D eigenvalue weighted by Gasteiger charge is 2.33. The maximum atomic E-state index is 13.0. The predicted octanol–water partition coefficient (Wildman–Crippen LogP) is 5.24. The Morgan fingerprint density at radius 1 is 0.871 bits per heavy atom. The number of benzene rings is 3. The highest BCUT2D eigenvalue weighted by atomic mass is 32.2. The van der Waals surface area contributed by atoms with Crippen molar-refractivity contribution in [3.8, 4) is 0 Å². The molecule has 3 rings (SSSR count). The van der Waals surface area contributed by atoms with Gasteiger partial charge in [-0.2, -0.15) is 13.2 Å². The van der Waals surface area contributed by atoms with Crippen LogP contribution in [0.4, 0.5) is 24.5 Å². The van der Waals surface area contributed by atoms with E-state index in [0.29, 0.717) is 10.6 Å². The van der Waals surface area contributed by atoms with Crippen molar-refractivity contribution in [1.29, 1.82) is 0 Å². The van der Waals surface area contributed by atoms with Crippen molar-refractivity contribution >= 4 is 39.1 Å². The summed E-state index contributed by atoms with van der Waals surface area (Å²) in [6.45, 7) is 0. The zero-order chi connectivity index (χ0) is 22.5. The average molecular weight is 467 g/mol. The summed E-state index contributed by atoms with van der Waals surface area (Å²) in [6.07, 6.45) is -4.57. The first-order valence-corrected chi connectivity index (χ1v) is 11.4. The highest BCUT2D eigenvalue weighted by molar-refractivity contribution is 8.00. The van der Waals surface area contributed by atoms with Crippen LogP contribution in [0.5, 0.6) is 0 Å². The van der Waals surface area contributed by atoms with Gasteiger partial charge in [-0.3, -0.25) is 9.52 Å². The molecule has 5 nitrogen and oxygen atoms in total. The van der Waals surface area contributed by atoms with Crippen molar-refractivity contribution in [2.45, 2.75) is 16.0 Å². The molecule has 3 aromatic carbocycles. The zero-order valence-electron chi connectivity index (χ0n) is 15.9. The van der Waals surface area contributed by atoms with Gasteiger partial charge in [0.05, 0.1) is 21.9 Å². The number of halogens is 3. The minimum Gasteiger partial charge on any atom is -0.325 e. The van der Waals surface area contributed by atoms with Crippen LogP contribution < -0.4 is 10.0 Å². The molecule has 3 aromatic rings. The number of hydrogen-bond donors (Lipinski definition) is 2. The van der Waals surface area contributed by atoms with Crippen LogP contribution in [-0.2, 0) is 21.0 Å². The molecule has 0 unspecified atom stereocenters. The summed E-state index contributed by atoms with van der Waals surface area (Å²) in [5.74, 6) is -0.697. The lowest BCUT2D eigenvalue weighted by Gasteiger charge is -2.13. The number of anilines is 2. The summed E-state index contributed by atoms with van der Waals surface area (Å²) in [6, 6.07) is 19.0. The van der Waals surface area contributed by atoms with E-state index in [9.17, 15) is 26.4 Å². The molecule has 0 saturated heterocycles. The standard InChI is InChI=1S/C21H17F3N2O3S2/c22-21(23,24)18-8-4-5-9-19(18)25-20(27)14-30-16-12-10-15(11-13-16)26-31(28,29)17-6-2-1-3-7-17/h1-13,26H,14H2,(H,25,27). The Hall–Kier alpha value is -2.98. The van der Waals surface area contributed by atoms with E-state index < -0.39 is 27.7 Å². The Balaban J connectivity index is 1.58. The van der Waals surface area contributed by atoms with Crippen LogP contribution in [0.2, 0.25) is 0 Å². The van der Waals surface area contributed by atoms with Gasteiger partial charge in [0.2, 0.25) is 5.91 Å². The quantitative estimate of drug-likeness (QED) is 0.467. The van der Waals surface area contributed by atoms with E-state index in [1.165, 1.54) is 30.3 Å². The molecule has 162 valence electrons. The van der Waals surface area contributed by atoms with E-state index >= 15 is 0 Å². The maximum Gasteiger partial charge on any atom is 0.418 e. The molecule has 0 aliphatic rings. The van der Waals surface area contributed by atoms with Crippen LogP contribution in [0.3, 0.4) is 0 Å². The molecule has 10 heteroatoms. The van der Waals surface area contributed by atoms with E-state index in [1.807, 2.05) is 0 Å². The lowest BCUT2D eigenvalue weighted by molar-refractivity contribution is -0.137. The second kappa shape index (κ2) is 9.44. The molecular weight excluding hydrogens is 449 g/mol. The van der Waals surface area contributed by atoms with Gasteiger partial charge in [0.25, 0.3) is 10.0 Å². The van der Waals surface area contributed by atoms with Gasteiger partial charge in [-0.15, -0.1) is 11.8 Å².